The average molecular weight is 412 g/mol. The zero-order valence-corrected chi connectivity index (χ0v) is 16.7. The number of nitrogens with one attached hydrogen (secondary N) is 2. The number of fused-ring (bicyclic) bond motifs is 3. The van der Waals surface area contributed by atoms with E-state index in [0.29, 0.717) is 18.0 Å². The summed E-state index contributed by atoms with van der Waals surface area (Å²) in [6.45, 7) is 0.487. The Bertz CT molecular complexity index is 1290. The molecule has 0 unspecified atom stereocenters. The van der Waals surface area contributed by atoms with Crippen molar-refractivity contribution in [1.29, 1.82) is 5.26 Å². The summed E-state index contributed by atoms with van der Waals surface area (Å²) in [6.07, 6.45) is 5.35. The van der Waals surface area contributed by atoms with Crippen molar-refractivity contribution in [3.8, 4) is 6.07 Å². The number of pyridine rings is 2. The van der Waals surface area contributed by atoms with E-state index in [-0.39, 0.29) is 24.5 Å². The Hall–Kier alpha value is -3.83. The van der Waals surface area contributed by atoms with Gasteiger partial charge in [0.1, 0.15) is 5.82 Å². The molecule has 2 N–H and O–H groups in total. The number of nitrogens with zero attached hydrogens (tertiary/aromatic N) is 4. The fraction of sp³-hybridized carbons (Fsp3) is 0.261. The maximum atomic E-state index is 12.5. The van der Waals surface area contributed by atoms with Gasteiger partial charge in [0.2, 0.25) is 5.91 Å². The molecule has 8 heteroatoms. The third kappa shape index (κ3) is 4.09. The number of carbonyl (C=O) groups excluding carboxylic acids is 1. The molecule has 3 heterocycles. The quantitative estimate of drug-likeness (QED) is 0.503. The van der Waals surface area contributed by atoms with Crippen LogP contribution in [-0.4, -0.2) is 38.0 Å². The fourth-order valence-electron chi connectivity index (χ4n) is 3.80. The maximum absolute atomic E-state index is 12.5. The summed E-state index contributed by atoms with van der Waals surface area (Å²) in [7, 11) is 0. The standard InChI is InChI=1S/C23H20N6O2/c24-11-14-4-5-19-18(7-14)23-20(12-26-19)28-21(29-23)10-22(30)27-16-8-17(9-16)31-13-15-3-1-2-6-25-15/h1-7,12,16-17H,8-10,13H2,(H,27,30)(H,28,29). The summed E-state index contributed by atoms with van der Waals surface area (Å²) in [5.41, 5.74) is 3.69. The second-order valence-corrected chi connectivity index (χ2v) is 7.71. The molecule has 0 radical (unpaired) electrons. The molecule has 4 aromatic rings. The Balaban J connectivity index is 1.17. The van der Waals surface area contributed by atoms with E-state index in [1.807, 2.05) is 18.2 Å². The second kappa shape index (κ2) is 8.13. The van der Waals surface area contributed by atoms with Crippen LogP contribution in [0.15, 0.2) is 48.8 Å². The number of nitriles is 1. The van der Waals surface area contributed by atoms with E-state index >= 15 is 0 Å². The molecule has 1 fully saturated rings. The van der Waals surface area contributed by atoms with E-state index in [2.05, 4.69) is 31.3 Å². The lowest BCUT2D eigenvalue weighted by molar-refractivity contribution is -0.123. The lowest BCUT2D eigenvalue weighted by Gasteiger charge is -2.35. The largest absolute Gasteiger partial charge is 0.372 e. The van der Waals surface area contributed by atoms with Crippen molar-refractivity contribution >= 4 is 27.8 Å². The molecule has 0 bridgehead atoms. The van der Waals surface area contributed by atoms with Crippen LogP contribution in [0.5, 0.6) is 0 Å². The van der Waals surface area contributed by atoms with Crippen molar-refractivity contribution in [1.82, 2.24) is 25.3 Å². The minimum atomic E-state index is -0.0813. The number of benzene rings is 1. The number of rotatable bonds is 6. The van der Waals surface area contributed by atoms with Crippen molar-refractivity contribution in [2.75, 3.05) is 0 Å². The van der Waals surface area contributed by atoms with Gasteiger partial charge in [-0.15, -0.1) is 0 Å². The van der Waals surface area contributed by atoms with E-state index in [0.717, 1.165) is 40.5 Å². The maximum Gasteiger partial charge on any atom is 0.227 e. The summed E-state index contributed by atoms with van der Waals surface area (Å²) in [5, 5.41) is 13.0. The molecule has 1 aromatic carbocycles. The molecule has 0 aliphatic heterocycles. The molecule has 3 aromatic heterocycles. The lowest BCUT2D eigenvalue weighted by atomic mass is 9.89. The van der Waals surface area contributed by atoms with Gasteiger partial charge in [0.25, 0.3) is 0 Å². The number of amides is 1. The van der Waals surface area contributed by atoms with Crippen LogP contribution >= 0.6 is 0 Å². The van der Waals surface area contributed by atoms with Crippen LogP contribution in [0.2, 0.25) is 0 Å². The first-order valence-electron chi connectivity index (χ1n) is 10.2. The van der Waals surface area contributed by atoms with Crippen LogP contribution in [0.1, 0.15) is 29.9 Å². The van der Waals surface area contributed by atoms with Crippen molar-refractivity contribution in [3.05, 3.63) is 65.9 Å². The number of ether oxygens (including phenoxy) is 1. The smallest absolute Gasteiger partial charge is 0.227 e. The Morgan fingerprint density at radius 2 is 2.16 bits per heavy atom. The number of H-pyrrole nitrogens is 1. The Labute approximate surface area is 178 Å². The highest BCUT2D eigenvalue weighted by molar-refractivity contribution is 6.02. The van der Waals surface area contributed by atoms with Crippen LogP contribution in [0.25, 0.3) is 21.9 Å². The molecule has 8 nitrogen and oxygen atoms in total. The predicted octanol–water partition coefficient (Wildman–Crippen LogP) is 2.78. The fourth-order valence-corrected chi connectivity index (χ4v) is 3.80. The van der Waals surface area contributed by atoms with Crippen molar-refractivity contribution in [2.24, 2.45) is 0 Å². The van der Waals surface area contributed by atoms with Crippen LogP contribution in [-0.2, 0) is 22.6 Å². The van der Waals surface area contributed by atoms with Crippen LogP contribution in [0, 0.1) is 11.3 Å². The molecule has 31 heavy (non-hydrogen) atoms. The van der Waals surface area contributed by atoms with Gasteiger partial charge in [0, 0.05) is 17.6 Å². The first-order valence-corrected chi connectivity index (χ1v) is 10.2. The Morgan fingerprint density at radius 1 is 1.26 bits per heavy atom. The molecular weight excluding hydrogens is 392 g/mol. The Kier molecular flexibility index (Phi) is 5.02. The van der Waals surface area contributed by atoms with Gasteiger partial charge in [-0.2, -0.15) is 5.26 Å². The second-order valence-electron chi connectivity index (χ2n) is 7.71. The van der Waals surface area contributed by atoms with Crippen LogP contribution in [0.4, 0.5) is 0 Å². The van der Waals surface area contributed by atoms with Gasteiger partial charge >= 0.3 is 0 Å². The third-order valence-corrected chi connectivity index (χ3v) is 5.48. The number of aromatic nitrogens is 4. The van der Waals surface area contributed by atoms with Crippen molar-refractivity contribution in [3.63, 3.8) is 0 Å². The van der Waals surface area contributed by atoms with E-state index in [9.17, 15) is 4.79 Å². The van der Waals surface area contributed by atoms with Gasteiger partial charge in [-0.25, -0.2) is 4.98 Å². The van der Waals surface area contributed by atoms with Crippen molar-refractivity contribution in [2.45, 2.75) is 38.0 Å². The van der Waals surface area contributed by atoms with E-state index < -0.39 is 0 Å². The molecule has 1 aliphatic rings. The molecule has 154 valence electrons. The number of carbonyl (C=O) groups is 1. The number of hydrogen-bond acceptors (Lipinski definition) is 6. The van der Waals surface area contributed by atoms with Crippen LogP contribution < -0.4 is 5.32 Å². The summed E-state index contributed by atoms with van der Waals surface area (Å²) >= 11 is 0. The molecule has 0 saturated heterocycles. The first kappa shape index (κ1) is 19.2. The molecule has 0 atom stereocenters. The van der Waals surface area contributed by atoms with E-state index in [1.165, 1.54) is 0 Å². The predicted molar refractivity (Wildman–Crippen MR) is 114 cm³/mol. The SMILES string of the molecule is N#Cc1ccc2ncc3[nH]c(CC(=O)NC4CC(OCc5ccccn5)C4)nc3c2c1. The van der Waals surface area contributed by atoms with Gasteiger partial charge in [-0.3, -0.25) is 14.8 Å². The van der Waals surface area contributed by atoms with E-state index in [1.54, 1.807) is 30.6 Å². The summed E-state index contributed by atoms with van der Waals surface area (Å²) in [6, 6.07) is 13.3. The number of aromatic amines is 1. The Morgan fingerprint density at radius 3 is 2.97 bits per heavy atom. The van der Waals surface area contributed by atoms with Gasteiger partial charge in [-0.05, 0) is 43.2 Å². The minimum Gasteiger partial charge on any atom is -0.372 e. The molecule has 0 spiro atoms. The molecule has 1 saturated carbocycles. The zero-order valence-electron chi connectivity index (χ0n) is 16.7. The highest BCUT2D eigenvalue weighted by Gasteiger charge is 2.31. The molecule has 1 aliphatic carbocycles. The highest BCUT2D eigenvalue weighted by atomic mass is 16.5. The van der Waals surface area contributed by atoms with E-state index in [4.69, 9.17) is 10.00 Å². The number of hydrogen-bond donors (Lipinski definition) is 2. The van der Waals surface area contributed by atoms with Gasteiger partial charge < -0.3 is 15.0 Å². The topological polar surface area (TPSA) is 117 Å². The molecule has 5 rings (SSSR count). The normalized spacial score (nSPS) is 17.9. The minimum absolute atomic E-state index is 0.0813. The summed E-state index contributed by atoms with van der Waals surface area (Å²) < 4.78 is 5.83. The first-order chi connectivity index (χ1) is 15.2. The van der Waals surface area contributed by atoms with Crippen molar-refractivity contribution < 1.29 is 9.53 Å². The highest BCUT2D eigenvalue weighted by Crippen LogP contribution is 2.25. The van der Waals surface area contributed by atoms with Crippen LogP contribution in [0.3, 0.4) is 0 Å². The zero-order chi connectivity index (χ0) is 21.2. The van der Waals surface area contributed by atoms with Gasteiger partial charge in [0.15, 0.2) is 0 Å². The van der Waals surface area contributed by atoms with Gasteiger partial charge in [0.05, 0.1) is 59.2 Å². The molecule has 1 amide bonds. The van der Waals surface area contributed by atoms with Gasteiger partial charge in [-0.1, -0.05) is 6.07 Å². The summed E-state index contributed by atoms with van der Waals surface area (Å²) in [5.74, 6) is 0.494. The monoisotopic (exact) mass is 412 g/mol. The lowest BCUT2D eigenvalue weighted by Crippen LogP contribution is -2.48. The number of imidazole rings is 1. The average Bonchev–Trinajstić information content (AvgIpc) is 3.18. The molecular formula is C23H20N6O2. The third-order valence-electron chi connectivity index (χ3n) is 5.48. The summed E-state index contributed by atoms with van der Waals surface area (Å²) in [4.78, 5) is 28.9.